The van der Waals surface area contributed by atoms with E-state index in [1.807, 2.05) is 18.2 Å². The Morgan fingerprint density at radius 3 is 2.42 bits per heavy atom. The summed E-state index contributed by atoms with van der Waals surface area (Å²) >= 11 is 0. The number of nitrogens with one attached hydrogen (secondary N) is 1. The third-order valence-electron chi connectivity index (χ3n) is 5.97. The number of benzene rings is 3. The number of sulfonamides is 1. The van der Waals surface area contributed by atoms with Gasteiger partial charge in [0, 0.05) is 19.5 Å². The van der Waals surface area contributed by atoms with Crippen LogP contribution in [-0.2, 0) is 21.2 Å². The van der Waals surface area contributed by atoms with Crippen LogP contribution in [0.5, 0.6) is 5.75 Å². The molecule has 1 aliphatic heterocycles. The molecule has 6 nitrogen and oxygen atoms in total. The molecule has 1 saturated heterocycles. The second kappa shape index (κ2) is 10.8. The molecule has 1 N–H and O–H groups in total. The maximum absolute atomic E-state index is 12.7. The molecule has 7 heteroatoms. The normalized spacial score (nSPS) is 14.8. The van der Waals surface area contributed by atoms with E-state index in [9.17, 15) is 13.2 Å². The minimum atomic E-state index is -3.44. The van der Waals surface area contributed by atoms with Crippen molar-refractivity contribution in [3.05, 3.63) is 72.3 Å². The van der Waals surface area contributed by atoms with Crippen LogP contribution in [0, 0.1) is 0 Å². The summed E-state index contributed by atoms with van der Waals surface area (Å²) in [6.45, 7) is 1.88. The van der Waals surface area contributed by atoms with Crippen LogP contribution in [0.3, 0.4) is 0 Å². The van der Waals surface area contributed by atoms with Gasteiger partial charge >= 0.3 is 0 Å². The molecule has 0 aromatic heterocycles. The van der Waals surface area contributed by atoms with Gasteiger partial charge in [0.15, 0.2) is 0 Å². The monoisotopic (exact) mass is 466 g/mol. The lowest BCUT2D eigenvalue weighted by Gasteiger charge is -2.25. The van der Waals surface area contributed by atoms with Gasteiger partial charge in [0.1, 0.15) is 12.4 Å². The lowest BCUT2D eigenvalue weighted by Crippen LogP contribution is -2.35. The molecule has 174 valence electrons. The van der Waals surface area contributed by atoms with E-state index in [1.54, 1.807) is 28.6 Å². The topological polar surface area (TPSA) is 75.7 Å². The van der Waals surface area contributed by atoms with Crippen LogP contribution in [0.4, 0.5) is 0 Å². The number of aryl methyl sites for hydroxylation is 1. The first-order valence-corrected chi connectivity index (χ1v) is 12.9. The van der Waals surface area contributed by atoms with E-state index in [-0.39, 0.29) is 5.91 Å². The third-order valence-corrected chi connectivity index (χ3v) is 7.88. The highest BCUT2D eigenvalue weighted by molar-refractivity contribution is 7.89. The Morgan fingerprint density at radius 1 is 0.909 bits per heavy atom. The summed E-state index contributed by atoms with van der Waals surface area (Å²) in [5, 5.41) is 5.24. The molecule has 0 bridgehead atoms. The van der Waals surface area contributed by atoms with Gasteiger partial charge in [0.2, 0.25) is 15.9 Å². The maximum atomic E-state index is 12.7. The van der Waals surface area contributed by atoms with Gasteiger partial charge in [0.05, 0.1) is 11.4 Å². The van der Waals surface area contributed by atoms with Gasteiger partial charge in [-0.3, -0.25) is 4.79 Å². The van der Waals surface area contributed by atoms with Crippen LogP contribution in [0.2, 0.25) is 0 Å². The Kier molecular flexibility index (Phi) is 7.62. The average molecular weight is 467 g/mol. The number of carbonyl (C=O) groups excluding carboxylic acids is 1. The van der Waals surface area contributed by atoms with Crippen molar-refractivity contribution >= 4 is 26.7 Å². The Bertz CT molecular complexity index is 1180. The second-order valence-corrected chi connectivity index (χ2v) is 10.2. The molecule has 1 amide bonds. The zero-order chi connectivity index (χ0) is 23.1. The standard InChI is InChI=1S/C26H30N2O4S/c29-26(16-11-22-9-6-8-21-7-2-3-10-25(21)22)27-17-20-32-23-12-14-24(15-13-23)33(30,31)28-18-4-1-5-19-28/h2-3,6-10,12-15H,1,4-5,11,16-20H2,(H,27,29). The van der Waals surface area contributed by atoms with Gasteiger partial charge in [-0.15, -0.1) is 0 Å². The van der Waals surface area contributed by atoms with Gasteiger partial charge in [-0.05, 0) is 59.9 Å². The molecule has 1 aliphatic rings. The lowest BCUT2D eigenvalue weighted by molar-refractivity contribution is -0.121. The zero-order valence-electron chi connectivity index (χ0n) is 18.7. The first kappa shape index (κ1) is 23.3. The van der Waals surface area contributed by atoms with E-state index in [1.165, 1.54) is 16.3 Å². The van der Waals surface area contributed by atoms with Crippen molar-refractivity contribution in [3.8, 4) is 5.75 Å². The Labute approximate surface area is 195 Å². The Morgan fingerprint density at radius 2 is 1.64 bits per heavy atom. The summed E-state index contributed by atoms with van der Waals surface area (Å²) in [6, 6.07) is 20.8. The molecular weight excluding hydrogens is 436 g/mol. The summed E-state index contributed by atoms with van der Waals surface area (Å²) in [6.07, 6.45) is 4.00. The zero-order valence-corrected chi connectivity index (χ0v) is 19.5. The molecule has 4 rings (SSSR count). The van der Waals surface area contributed by atoms with E-state index in [0.717, 1.165) is 19.3 Å². The quantitative estimate of drug-likeness (QED) is 0.481. The molecule has 33 heavy (non-hydrogen) atoms. The highest BCUT2D eigenvalue weighted by atomic mass is 32.2. The average Bonchev–Trinajstić information content (AvgIpc) is 2.86. The van der Waals surface area contributed by atoms with Crippen LogP contribution < -0.4 is 10.1 Å². The SMILES string of the molecule is O=C(CCc1cccc2ccccc12)NCCOc1ccc(S(=O)(=O)N2CCCCC2)cc1. The van der Waals surface area contributed by atoms with E-state index in [4.69, 9.17) is 4.74 Å². The number of piperidine rings is 1. The highest BCUT2D eigenvalue weighted by Crippen LogP contribution is 2.23. The van der Waals surface area contributed by atoms with Crippen molar-refractivity contribution in [1.29, 1.82) is 0 Å². The second-order valence-electron chi connectivity index (χ2n) is 8.27. The van der Waals surface area contributed by atoms with Crippen LogP contribution in [0.25, 0.3) is 10.8 Å². The molecular formula is C26H30N2O4S. The van der Waals surface area contributed by atoms with Crippen molar-refractivity contribution < 1.29 is 17.9 Å². The minimum Gasteiger partial charge on any atom is -0.492 e. The fraction of sp³-hybridized carbons (Fsp3) is 0.346. The number of hydrogen-bond donors (Lipinski definition) is 1. The highest BCUT2D eigenvalue weighted by Gasteiger charge is 2.25. The number of fused-ring (bicyclic) bond motifs is 1. The fourth-order valence-electron chi connectivity index (χ4n) is 4.17. The van der Waals surface area contributed by atoms with E-state index >= 15 is 0 Å². The number of amides is 1. The molecule has 0 aliphatic carbocycles. The predicted molar refractivity (Wildman–Crippen MR) is 130 cm³/mol. The van der Waals surface area contributed by atoms with Gasteiger partial charge in [-0.1, -0.05) is 48.9 Å². The first-order valence-electron chi connectivity index (χ1n) is 11.5. The molecule has 1 fully saturated rings. The van der Waals surface area contributed by atoms with Gasteiger partial charge in [-0.25, -0.2) is 8.42 Å². The molecule has 0 spiro atoms. The molecule has 0 unspecified atom stereocenters. The van der Waals surface area contributed by atoms with Gasteiger partial charge in [0.25, 0.3) is 0 Å². The van der Waals surface area contributed by atoms with Gasteiger partial charge < -0.3 is 10.1 Å². The molecule has 0 radical (unpaired) electrons. The van der Waals surface area contributed by atoms with Crippen LogP contribution in [-0.4, -0.2) is 44.9 Å². The minimum absolute atomic E-state index is 0.0190. The molecule has 0 saturated carbocycles. The smallest absolute Gasteiger partial charge is 0.243 e. The molecule has 0 atom stereocenters. The number of rotatable bonds is 9. The third kappa shape index (κ3) is 5.92. The van der Waals surface area contributed by atoms with Gasteiger partial charge in [-0.2, -0.15) is 4.31 Å². The van der Waals surface area contributed by atoms with E-state index in [0.29, 0.717) is 49.7 Å². The summed E-state index contributed by atoms with van der Waals surface area (Å²) in [5.74, 6) is 0.562. The van der Waals surface area contributed by atoms with Crippen molar-refractivity contribution in [2.45, 2.75) is 37.0 Å². The molecule has 3 aromatic rings. The van der Waals surface area contributed by atoms with Crippen molar-refractivity contribution in [3.63, 3.8) is 0 Å². The Hall–Kier alpha value is -2.90. The number of ether oxygens (including phenoxy) is 1. The van der Waals surface area contributed by atoms with E-state index in [2.05, 4.69) is 29.6 Å². The number of hydrogen-bond acceptors (Lipinski definition) is 4. The van der Waals surface area contributed by atoms with Crippen LogP contribution >= 0.6 is 0 Å². The number of carbonyl (C=O) groups is 1. The predicted octanol–water partition coefficient (Wildman–Crippen LogP) is 4.14. The summed E-state index contributed by atoms with van der Waals surface area (Å²) in [5.41, 5.74) is 1.17. The summed E-state index contributed by atoms with van der Waals surface area (Å²) in [4.78, 5) is 12.5. The Balaban J connectivity index is 1.21. The van der Waals surface area contributed by atoms with Crippen LogP contribution in [0.1, 0.15) is 31.2 Å². The van der Waals surface area contributed by atoms with Crippen LogP contribution in [0.15, 0.2) is 71.6 Å². The lowest BCUT2D eigenvalue weighted by atomic mass is 10.0. The van der Waals surface area contributed by atoms with Crippen molar-refractivity contribution in [2.24, 2.45) is 0 Å². The molecule has 3 aromatic carbocycles. The van der Waals surface area contributed by atoms with E-state index < -0.39 is 10.0 Å². The summed E-state index contributed by atoms with van der Waals surface area (Å²) < 4.78 is 32.6. The van der Waals surface area contributed by atoms with Crippen molar-refractivity contribution in [2.75, 3.05) is 26.2 Å². The largest absolute Gasteiger partial charge is 0.492 e. The summed E-state index contributed by atoms with van der Waals surface area (Å²) in [7, 11) is -3.44. The maximum Gasteiger partial charge on any atom is 0.243 e. The fourth-order valence-corrected chi connectivity index (χ4v) is 5.69. The number of nitrogens with zero attached hydrogens (tertiary/aromatic N) is 1. The van der Waals surface area contributed by atoms with Crippen molar-refractivity contribution in [1.82, 2.24) is 9.62 Å². The molecule has 1 heterocycles. The first-order chi connectivity index (χ1) is 16.0.